The second-order valence-electron chi connectivity index (χ2n) is 2.08. The minimum atomic E-state index is -1.15. The largest absolute Gasteiger partial charge is 0.205 e. The molecule has 0 radical (unpaired) electrons. The van der Waals surface area contributed by atoms with E-state index in [0.29, 0.717) is 0 Å². The standard InChI is InChI=1S/C7H3Br2F3/c8-2-3-6(11)4(9)1-5(10)7(3)12/h1H,2H2. The first-order valence-electron chi connectivity index (χ1n) is 2.95. The molecular formula is C7H3Br2F3. The quantitative estimate of drug-likeness (QED) is 0.547. The van der Waals surface area contributed by atoms with Gasteiger partial charge in [-0.3, -0.25) is 0 Å². The average molecular weight is 304 g/mol. The number of rotatable bonds is 1. The maximum atomic E-state index is 13.0. The third kappa shape index (κ3) is 1.66. The van der Waals surface area contributed by atoms with Crippen molar-refractivity contribution >= 4 is 31.9 Å². The second-order valence-corrected chi connectivity index (χ2v) is 3.50. The highest BCUT2D eigenvalue weighted by Crippen LogP contribution is 2.25. The molecule has 0 nitrogen and oxygen atoms in total. The topological polar surface area (TPSA) is 0 Å². The molecule has 0 amide bonds. The van der Waals surface area contributed by atoms with Crippen molar-refractivity contribution in [3.8, 4) is 0 Å². The van der Waals surface area contributed by atoms with E-state index in [4.69, 9.17) is 0 Å². The molecule has 0 aliphatic heterocycles. The summed E-state index contributed by atoms with van der Waals surface area (Å²) in [5.41, 5.74) is -0.304. The van der Waals surface area contributed by atoms with Crippen molar-refractivity contribution in [1.82, 2.24) is 0 Å². The maximum Gasteiger partial charge on any atom is 0.165 e. The van der Waals surface area contributed by atoms with Crippen LogP contribution in [0.1, 0.15) is 5.56 Å². The highest BCUT2D eigenvalue weighted by atomic mass is 79.9. The van der Waals surface area contributed by atoms with Crippen molar-refractivity contribution in [2.24, 2.45) is 0 Å². The fraction of sp³-hybridized carbons (Fsp3) is 0.143. The Morgan fingerprint density at radius 2 is 1.75 bits per heavy atom. The maximum absolute atomic E-state index is 13.0. The van der Waals surface area contributed by atoms with Crippen molar-refractivity contribution < 1.29 is 13.2 Å². The van der Waals surface area contributed by atoms with E-state index in [1.165, 1.54) is 0 Å². The minimum Gasteiger partial charge on any atom is -0.205 e. The van der Waals surface area contributed by atoms with Crippen molar-refractivity contribution in [1.29, 1.82) is 0 Å². The van der Waals surface area contributed by atoms with E-state index >= 15 is 0 Å². The summed E-state index contributed by atoms with van der Waals surface area (Å²) in [7, 11) is 0. The Labute approximate surface area is 84.0 Å². The lowest BCUT2D eigenvalue weighted by Gasteiger charge is -2.03. The Balaban J connectivity index is 3.42. The van der Waals surface area contributed by atoms with E-state index < -0.39 is 17.5 Å². The average Bonchev–Trinajstić information content (AvgIpc) is 2.02. The van der Waals surface area contributed by atoms with Crippen LogP contribution in [0, 0.1) is 17.5 Å². The zero-order valence-electron chi connectivity index (χ0n) is 5.67. The van der Waals surface area contributed by atoms with Crippen LogP contribution in [0.25, 0.3) is 0 Å². The highest BCUT2D eigenvalue weighted by molar-refractivity contribution is 9.10. The molecule has 0 heterocycles. The molecule has 0 aromatic heterocycles. The van der Waals surface area contributed by atoms with E-state index in [1.54, 1.807) is 0 Å². The number of alkyl halides is 1. The molecule has 1 aromatic carbocycles. The van der Waals surface area contributed by atoms with Gasteiger partial charge in [0.25, 0.3) is 0 Å². The first-order valence-corrected chi connectivity index (χ1v) is 4.87. The molecule has 1 rings (SSSR count). The lowest BCUT2D eigenvalue weighted by molar-refractivity contribution is 0.483. The zero-order chi connectivity index (χ0) is 9.30. The number of hydrogen-bond acceptors (Lipinski definition) is 0. The molecule has 0 fully saturated rings. The summed E-state index contributed by atoms with van der Waals surface area (Å²) in [6.07, 6.45) is 0. The molecule has 0 bridgehead atoms. The van der Waals surface area contributed by atoms with E-state index in [2.05, 4.69) is 31.9 Å². The summed E-state index contributed by atoms with van der Waals surface area (Å²) in [5.74, 6) is -2.98. The van der Waals surface area contributed by atoms with Gasteiger partial charge in [-0.05, 0) is 22.0 Å². The first-order chi connectivity index (χ1) is 5.57. The summed E-state index contributed by atoms with van der Waals surface area (Å²) >= 11 is 5.63. The molecule has 66 valence electrons. The lowest BCUT2D eigenvalue weighted by atomic mass is 10.2. The van der Waals surface area contributed by atoms with Crippen LogP contribution in [0.3, 0.4) is 0 Å². The Hall–Kier alpha value is -0.0300. The Morgan fingerprint density at radius 3 is 2.25 bits per heavy atom. The van der Waals surface area contributed by atoms with Crippen LogP contribution >= 0.6 is 31.9 Å². The zero-order valence-corrected chi connectivity index (χ0v) is 8.85. The van der Waals surface area contributed by atoms with Gasteiger partial charge >= 0.3 is 0 Å². The number of benzene rings is 1. The molecule has 0 atom stereocenters. The first kappa shape index (κ1) is 10.1. The Kier molecular flexibility index (Phi) is 3.17. The number of hydrogen-bond donors (Lipinski definition) is 0. The summed E-state index contributed by atoms with van der Waals surface area (Å²) < 4.78 is 38.3. The molecule has 0 spiro atoms. The SMILES string of the molecule is Fc1cc(Br)c(F)c(CBr)c1F. The molecule has 5 heteroatoms. The van der Waals surface area contributed by atoms with Gasteiger partial charge in [-0.1, -0.05) is 15.9 Å². The van der Waals surface area contributed by atoms with Crippen molar-refractivity contribution in [2.75, 3.05) is 0 Å². The molecular weight excluding hydrogens is 301 g/mol. The van der Waals surface area contributed by atoms with Crippen LogP contribution in [0.4, 0.5) is 13.2 Å². The molecule has 0 unspecified atom stereocenters. The normalized spacial score (nSPS) is 10.4. The van der Waals surface area contributed by atoms with Gasteiger partial charge in [-0.15, -0.1) is 0 Å². The van der Waals surface area contributed by atoms with Gasteiger partial charge in [0.1, 0.15) is 5.82 Å². The Bertz CT molecular complexity index is 286. The van der Waals surface area contributed by atoms with Crippen molar-refractivity contribution in [3.63, 3.8) is 0 Å². The van der Waals surface area contributed by atoms with Crippen LogP contribution in [-0.4, -0.2) is 0 Å². The van der Waals surface area contributed by atoms with Gasteiger partial charge in [0.2, 0.25) is 0 Å². The highest BCUT2D eigenvalue weighted by Gasteiger charge is 2.15. The van der Waals surface area contributed by atoms with Crippen LogP contribution in [0.2, 0.25) is 0 Å². The molecule has 0 N–H and O–H groups in total. The molecule has 0 aliphatic rings. The van der Waals surface area contributed by atoms with Gasteiger partial charge in [-0.25, -0.2) is 13.2 Å². The molecule has 12 heavy (non-hydrogen) atoms. The fourth-order valence-corrected chi connectivity index (χ4v) is 1.67. The van der Waals surface area contributed by atoms with Gasteiger partial charge in [0, 0.05) is 10.9 Å². The number of halogens is 5. The summed E-state index contributed by atoms with van der Waals surface area (Å²) in [5, 5.41) is -0.0545. The van der Waals surface area contributed by atoms with Crippen LogP contribution in [0.15, 0.2) is 10.5 Å². The van der Waals surface area contributed by atoms with Gasteiger partial charge in [-0.2, -0.15) is 0 Å². The molecule has 0 aliphatic carbocycles. The second kappa shape index (κ2) is 3.79. The third-order valence-corrected chi connectivity index (χ3v) is 2.47. The van der Waals surface area contributed by atoms with Crippen LogP contribution in [0.5, 0.6) is 0 Å². The smallest absolute Gasteiger partial charge is 0.165 e. The summed E-state index contributed by atoms with van der Waals surface area (Å²) in [6, 6.07) is 0.761. The van der Waals surface area contributed by atoms with Gasteiger partial charge in [0.05, 0.1) is 4.47 Å². The van der Waals surface area contributed by atoms with Crippen molar-refractivity contribution in [3.05, 3.63) is 33.6 Å². The lowest BCUT2D eigenvalue weighted by Crippen LogP contribution is -1.97. The Morgan fingerprint density at radius 1 is 1.17 bits per heavy atom. The summed E-state index contributed by atoms with van der Waals surface area (Å²) in [4.78, 5) is 0. The fourth-order valence-electron chi connectivity index (χ4n) is 0.740. The van der Waals surface area contributed by atoms with Crippen molar-refractivity contribution in [2.45, 2.75) is 5.33 Å². The summed E-state index contributed by atoms with van der Waals surface area (Å²) in [6.45, 7) is 0. The minimum absolute atomic E-state index is 0.0545. The van der Waals surface area contributed by atoms with E-state index in [0.717, 1.165) is 6.07 Å². The predicted octanol–water partition coefficient (Wildman–Crippen LogP) is 3.76. The van der Waals surface area contributed by atoms with E-state index in [-0.39, 0.29) is 15.4 Å². The molecule has 1 aromatic rings. The molecule has 0 saturated heterocycles. The molecule has 0 saturated carbocycles. The monoisotopic (exact) mass is 302 g/mol. The van der Waals surface area contributed by atoms with Gasteiger partial charge < -0.3 is 0 Å². The van der Waals surface area contributed by atoms with Gasteiger partial charge in [0.15, 0.2) is 11.6 Å². The predicted molar refractivity (Wildman–Crippen MR) is 46.6 cm³/mol. The van der Waals surface area contributed by atoms with Crippen LogP contribution < -0.4 is 0 Å². The van der Waals surface area contributed by atoms with E-state index in [1.807, 2.05) is 0 Å². The van der Waals surface area contributed by atoms with E-state index in [9.17, 15) is 13.2 Å². The van der Waals surface area contributed by atoms with Crippen LogP contribution in [-0.2, 0) is 5.33 Å². The third-order valence-electron chi connectivity index (χ3n) is 1.34.